The summed E-state index contributed by atoms with van der Waals surface area (Å²) in [5.74, 6) is 0. The maximum Gasteiger partial charge on any atom is 0.137 e. The third-order valence-corrected chi connectivity index (χ3v) is 12.4. The van der Waals surface area contributed by atoms with Gasteiger partial charge < -0.3 is 13.9 Å². The van der Waals surface area contributed by atoms with Crippen molar-refractivity contribution < 1.29 is 4.42 Å². The van der Waals surface area contributed by atoms with Crippen LogP contribution in [-0.2, 0) is 0 Å². The number of benzene rings is 10. The molecule has 0 bridgehead atoms. The van der Waals surface area contributed by atoms with E-state index in [4.69, 9.17) is 4.42 Å². The molecule has 0 saturated heterocycles. The average Bonchev–Trinajstić information content (AvgIpc) is 3.92. The maximum absolute atomic E-state index is 6.51. The summed E-state index contributed by atoms with van der Waals surface area (Å²) < 4.78 is 8.89. The van der Waals surface area contributed by atoms with Crippen LogP contribution in [-0.4, -0.2) is 4.57 Å². The molecule has 63 heavy (non-hydrogen) atoms. The first-order valence-electron chi connectivity index (χ1n) is 21.5. The van der Waals surface area contributed by atoms with Crippen molar-refractivity contribution in [1.29, 1.82) is 0 Å². The van der Waals surface area contributed by atoms with Crippen LogP contribution in [0.4, 0.5) is 17.1 Å². The van der Waals surface area contributed by atoms with Crippen LogP contribution >= 0.6 is 0 Å². The van der Waals surface area contributed by atoms with Gasteiger partial charge in [0.1, 0.15) is 11.2 Å². The summed E-state index contributed by atoms with van der Waals surface area (Å²) >= 11 is 0. The Kier molecular flexibility index (Phi) is 8.83. The molecule has 296 valence electrons. The third-order valence-electron chi connectivity index (χ3n) is 12.4. The standard InChI is InChI=1S/C60H40N2O/c1-4-18-41(19-5-1)47-24-10-11-25-50(47)53-40-46(38-39-48(53)42-20-6-2-7-21-42)61(56-31-17-33-58-60(56)52-27-13-15-32-57(52)63-58)45-36-34-43(35-37-45)49-28-16-30-55-59(49)51-26-12-14-29-54(51)62(55)44-22-8-3-9-23-44/h1-40H. The average molecular weight is 805 g/mol. The highest BCUT2D eigenvalue weighted by Crippen LogP contribution is 2.47. The molecule has 0 unspecified atom stereocenters. The van der Waals surface area contributed by atoms with E-state index in [0.29, 0.717) is 0 Å². The molecule has 0 saturated carbocycles. The van der Waals surface area contributed by atoms with Gasteiger partial charge in [0.05, 0.1) is 22.1 Å². The molecule has 12 rings (SSSR count). The Hall–Kier alpha value is -8.40. The van der Waals surface area contributed by atoms with Crippen LogP contribution in [0.2, 0.25) is 0 Å². The first kappa shape index (κ1) is 36.5. The Balaban J connectivity index is 1.08. The van der Waals surface area contributed by atoms with Crippen molar-refractivity contribution in [2.24, 2.45) is 0 Å². The van der Waals surface area contributed by atoms with Crippen molar-refractivity contribution in [1.82, 2.24) is 4.57 Å². The molecular weight excluding hydrogens is 765 g/mol. The summed E-state index contributed by atoms with van der Waals surface area (Å²) in [5, 5.41) is 4.64. The number of hydrogen-bond acceptors (Lipinski definition) is 2. The molecule has 0 aliphatic heterocycles. The van der Waals surface area contributed by atoms with Crippen LogP contribution < -0.4 is 4.90 Å². The minimum absolute atomic E-state index is 0.854. The molecule has 0 radical (unpaired) electrons. The van der Waals surface area contributed by atoms with Crippen molar-refractivity contribution in [3.8, 4) is 50.2 Å². The van der Waals surface area contributed by atoms with Crippen molar-refractivity contribution in [2.45, 2.75) is 0 Å². The highest BCUT2D eigenvalue weighted by molar-refractivity contribution is 6.16. The van der Waals surface area contributed by atoms with Gasteiger partial charge in [-0.2, -0.15) is 0 Å². The monoisotopic (exact) mass is 804 g/mol. The molecule has 2 heterocycles. The molecule has 0 spiro atoms. The number of furan rings is 1. The number of anilines is 3. The highest BCUT2D eigenvalue weighted by Gasteiger charge is 2.23. The molecule has 2 aromatic heterocycles. The Morgan fingerprint density at radius 3 is 1.62 bits per heavy atom. The van der Waals surface area contributed by atoms with Gasteiger partial charge >= 0.3 is 0 Å². The summed E-state index contributed by atoms with van der Waals surface area (Å²) in [5.41, 5.74) is 17.8. The lowest BCUT2D eigenvalue weighted by molar-refractivity contribution is 0.669. The van der Waals surface area contributed by atoms with Crippen LogP contribution in [0.5, 0.6) is 0 Å². The van der Waals surface area contributed by atoms with Gasteiger partial charge in [0, 0.05) is 33.2 Å². The van der Waals surface area contributed by atoms with Crippen LogP contribution in [0.1, 0.15) is 0 Å². The zero-order valence-corrected chi connectivity index (χ0v) is 34.4. The third kappa shape index (κ3) is 6.21. The van der Waals surface area contributed by atoms with Gasteiger partial charge in [-0.05, 0) is 111 Å². The predicted octanol–water partition coefficient (Wildman–Crippen LogP) is 16.8. The zero-order chi connectivity index (χ0) is 41.7. The fraction of sp³-hybridized carbons (Fsp3) is 0. The van der Waals surface area contributed by atoms with E-state index in [1.807, 2.05) is 6.07 Å². The van der Waals surface area contributed by atoms with E-state index in [2.05, 4.69) is 246 Å². The molecule has 3 heteroatoms. The minimum Gasteiger partial charge on any atom is -0.456 e. The summed E-state index contributed by atoms with van der Waals surface area (Å²) in [6.45, 7) is 0. The van der Waals surface area contributed by atoms with E-state index in [1.54, 1.807) is 0 Å². The van der Waals surface area contributed by atoms with E-state index in [9.17, 15) is 0 Å². The first-order chi connectivity index (χ1) is 31.3. The molecule has 0 atom stereocenters. The van der Waals surface area contributed by atoms with Crippen LogP contribution in [0, 0.1) is 0 Å². The number of nitrogens with zero attached hydrogens (tertiary/aromatic N) is 2. The van der Waals surface area contributed by atoms with Gasteiger partial charge in [-0.25, -0.2) is 0 Å². The molecule has 0 aliphatic carbocycles. The van der Waals surface area contributed by atoms with E-state index < -0.39 is 0 Å². The van der Waals surface area contributed by atoms with Crippen molar-refractivity contribution in [2.75, 3.05) is 4.90 Å². The molecule has 3 nitrogen and oxygen atoms in total. The Morgan fingerprint density at radius 2 is 0.857 bits per heavy atom. The lowest BCUT2D eigenvalue weighted by Crippen LogP contribution is -2.10. The number of para-hydroxylation sites is 3. The van der Waals surface area contributed by atoms with Crippen molar-refractivity contribution in [3.05, 3.63) is 243 Å². The van der Waals surface area contributed by atoms with Crippen LogP contribution in [0.3, 0.4) is 0 Å². The molecule has 0 fully saturated rings. The normalized spacial score (nSPS) is 11.5. The summed E-state index contributed by atoms with van der Waals surface area (Å²) in [4.78, 5) is 2.40. The topological polar surface area (TPSA) is 21.3 Å². The quantitative estimate of drug-likeness (QED) is 0.153. The molecule has 0 amide bonds. The lowest BCUT2D eigenvalue weighted by atomic mass is 9.89. The van der Waals surface area contributed by atoms with Gasteiger partial charge in [-0.3, -0.25) is 0 Å². The summed E-state index contributed by atoms with van der Waals surface area (Å²) in [6, 6.07) is 87.1. The fourth-order valence-corrected chi connectivity index (χ4v) is 9.63. The molecule has 10 aromatic carbocycles. The fourth-order valence-electron chi connectivity index (χ4n) is 9.63. The molecule has 0 N–H and O–H groups in total. The van der Waals surface area contributed by atoms with E-state index in [-0.39, 0.29) is 0 Å². The van der Waals surface area contributed by atoms with Gasteiger partial charge in [0.2, 0.25) is 0 Å². The first-order valence-corrected chi connectivity index (χ1v) is 21.5. The van der Waals surface area contributed by atoms with Gasteiger partial charge in [-0.1, -0.05) is 176 Å². The Labute approximate surface area is 366 Å². The van der Waals surface area contributed by atoms with E-state index in [1.165, 1.54) is 55.2 Å². The largest absolute Gasteiger partial charge is 0.456 e. The molecule has 12 aromatic rings. The second-order valence-corrected chi connectivity index (χ2v) is 16.0. The SMILES string of the molecule is c1ccc(-c2ccccc2-c2cc(N(c3ccc(-c4cccc5c4c4ccccc4n5-c4ccccc4)cc3)c3cccc4oc5ccccc5c34)ccc2-c2ccccc2)cc1. The summed E-state index contributed by atoms with van der Waals surface area (Å²) in [6.07, 6.45) is 0. The number of rotatable bonds is 8. The van der Waals surface area contributed by atoms with Gasteiger partial charge in [0.15, 0.2) is 0 Å². The maximum atomic E-state index is 6.51. The van der Waals surface area contributed by atoms with Crippen LogP contribution in [0.15, 0.2) is 247 Å². The predicted molar refractivity (Wildman–Crippen MR) is 264 cm³/mol. The molecular formula is C60H40N2O. The minimum atomic E-state index is 0.854. The highest BCUT2D eigenvalue weighted by atomic mass is 16.3. The van der Waals surface area contributed by atoms with Crippen LogP contribution in [0.25, 0.3) is 93.9 Å². The van der Waals surface area contributed by atoms with E-state index >= 15 is 0 Å². The van der Waals surface area contributed by atoms with E-state index in [0.717, 1.165) is 55.8 Å². The Bertz CT molecular complexity index is 3600. The number of hydrogen-bond donors (Lipinski definition) is 0. The second kappa shape index (κ2) is 15.3. The van der Waals surface area contributed by atoms with Crippen molar-refractivity contribution in [3.63, 3.8) is 0 Å². The van der Waals surface area contributed by atoms with Gasteiger partial charge in [0.25, 0.3) is 0 Å². The number of fused-ring (bicyclic) bond motifs is 6. The Morgan fingerprint density at radius 1 is 0.317 bits per heavy atom. The van der Waals surface area contributed by atoms with Gasteiger partial charge in [-0.15, -0.1) is 0 Å². The zero-order valence-electron chi connectivity index (χ0n) is 34.4. The smallest absolute Gasteiger partial charge is 0.137 e. The second-order valence-electron chi connectivity index (χ2n) is 16.0. The van der Waals surface area contributed by atoms with Crippen molar-refractivity contribution >= 4 is 60.8 Å². The molecule has 0 aliphatic rings. The lowest BCUT2D eigenvalue weighted by Gasteiger charge is -2.28. The summed E-state index contributed by atoms with van der Waals surface area (Å²) in [7, 11) is 0. The number of aromatic nitrogens is 1.